The summed E-state index contributed by atoms with van der Waals surface area (Å²) >= 11 is 0. The monoisotopic (exact) mass is 408 g/mol. The Morgan fingerprint density at radius 2 is 1.86 bits per heavy atom. The summed E-state index contributed by atoms with van der Waals surface area (Å²) in [5.41, 5.74) is 1.40. The van der Waals surface area contributed by atoms with E-state index in [1.165, 1.54) is 37.8 Å². The molecule has 156 valence electrons. The normalized spacial score (nSPS) is 19.9. The third-order valence-electron chi connectivity index (χ3n) is 5.86. The molecule has 9 heteroatoms. The molecular formula is C20H23F3N4O2. The van der Waals surface area contributed by atoms with Crippen LogP contribution in [0, 0.1) is 5.41 Å². The standard InChI is InChI=1S/C20H23F3N4O2/c1-13(12-27-10-8-19(6-7-19)9-11-27)24-17(28)15-4-2-14(3-5-15)16-25-18(29-26-16)20(21,22)23/h2-5,13H,6-12H2,1H3,(H,24,28). The maximum atomic E-state index is 12.6. The number of nitrogens with zero attached hydrogens (tertiary/aromatic N) is 3. The Morgan fingerprint density at radius 1 is 1.21 bits per heavy atom. The first kappa shape index (κ1) is 19.9. The molecule has 1 saturated heterocycles. The fourth-order valence-electron chi connectivity index (χ4n) is 3.85. The van der Waals surface area contributed by atoms with E-state index in [1.54, 1.807) is 12.1 Å². The predicted molar refractivity (Wildman–Crippen MR) is 99.0 cm³/mol. The van der Waals surface area contributed by atoms with Crippen LogP contribution < -0.4 is 5.32 Å². The highest BCUT2D eigenvalue weighted by Gasteiger charge is 2.44. The van der Waals surface area contributed by atoms with Crippen molar-refractivity contribution in [1.82, 2.24) is 20.4 Å². The summed E-state index contributed by atoms with van der Waals surface area (Å²) in [6, 6.07) is 6.09. The number of rotatable bonds is 5. The van der Waals surface area contributed by atoms with Crippen molar-refractivity contribution in [1.29, 1.82) is 0 Å². The molecule has 2 heterocycles. The molecule has 1 aliphatic heterocycles. The molecule has 0 radical (unpaired) electrons. The molecule has 1 aromatic carbocycles. The molecule has 1 amide bonds. The van der Waals surface area contributed by atoms with Gasteiger partial charge in [0, 0.05) is 23.7 Å². The first-order valence-electron chi connectivity index (χ1n) is 9.79. The van der Waals surface area contributed by atoms with E-state index in [-0.39, 0.29) is 17.8 Å². The Morgan fingerprint density at radius 3 is 2.41 bits per heavy atom. The Hall–Kier alpha value is -2.42. The number of amides is 1. The van der Waals surface area contributed by atoms with E-state index >= 15 is 0 Å². The van der Waals surface area contributed by atoms with Gasteiger partial charge in [-0.05, 0) is 63.2 Å². The topological polar surface area (TPSA) is 71.3 Å². The molecule has 1 aliphatic carbocycles. The number of piperidine rings is 1. The number of carbonyl (C=O) groups is 1. The van der Waals surface area contributed by atoms with Crippen molar-refractivity contribution in [2.45, 2.75) is 44.8 Å². The Bertz CT molecular complexity index is 865. The van der Waals surface area contributed by atoms with Crippen LogP contribution >= 0.6 is 0 Å². The van der Waals surface area contributed by atoms with Gasteiger partial charge in [-0.15, -0.1) is 0 Å². The fourth-order valence-corrected chi connectivity index (χ4v) is 3.85. The van der Waals surface area contributed by atoms with Crippen molar-refractivity contribution in [3.63, 3.8) is 0 Å². The number of aromatic nitrogens is 2. The SMILES string of the molecule is CC(CN1CCC2(CC1)CC2)NC(=O)c1ccc(-c2noc(C(F)(F)F)n2)cc1. The largest absolute Gasteiger partial charge is 0.471 e. The number of carbonyl (C=O) groups excluding carboxylic acids is 1. The van der Waals surface area contributed by atoms with Crippen molar-refractivity contribution < 1.29 is 22.5 Å². The van der Waals surface area contributed by atoms with Gasteiger partial charge in [0.1, 0.15) is 0 Å². The molecule has 2 aromatic rings. The summed E-state index contributed by atoms with van der Waals surface area (Å²) in [4.78, 5) is 18.2. The highest BCUT2D eigenvalue weighted by Crippen LogP contribution is 2.53. The summed E-state index contributed by atoms with van der Waals surface area (Å²) < 4.78 is 41.9. The van der Waals surface area contributed by atoms with Gasteiger partial charge in [0.25, 0.3) is 5.91 Å². The summed E-state index contributed by atoms with van der Waals surface area (Å²) in [6.45, 7) is 4.95. The molecule has 1 N–H and O–H groups in total. The van der Waals surface area contributed by atoms with Crippen LogP contribution in [-0.2, 0) is 6.18 Å². The summed E-state index contributed by atoms with van der Waals surface area (Å²) in [5, 5.41) is 6.33. The molecule has 1 unspecified atom stereocenters. The van der Waals surface area contributed by atoms with Crippen LogP contribution in [-0.4, -0.2) is 46.6 Å². The van der Waals surface area contributed by atoms with Gasteiger partial charge in [0.2, 0.25) is 5.82 Å². The predicted octanol–water partition coefficient (Wildman–Crippen LogP) is 3.75. The zero-order valence-corrected chi connectivity index (χ0v) is 16.1. The molecular weight excluding hydrogens is 385 g/mol. The van der Waals surface area contributed by atoms with Gasteiger partial charge in [-0.2, -0.15) is 18.2 Å². The van der Waals surface area contributed by atoms with Crippen LogP contribution in [0.15, 0.2) is 28.8 Å². The average Bonchev–Trinajstić information content (AvgIpc) is 3.23. The van der Waals surface area contributed by atoms with E-state index in [9.17, 15) is 18.0 Å². The van der Waals surface area contributed by atoms with Gasteiger partial charge in [-0.25, -0.2) is 0 Å². The minimum Gasteiger partial charge on any atom is -0.348 e. The lowest BCUT2D eigenvalue weighted by Crippen LogP contribution is -2.45. The molecule has 2 aliphatic rings. The van der Waals surface area contributed by atoms with Gasteiger partial charge in [-0.1, -0.05) is 17.3 Å². The van der Waals surface area contributed by atoms with Crippen LogP contribution in [0.4, 0.5) is 13.2 Å². The Kier molecular flexibility index (Phi) is 5.10. The lowest BCUT2D eigenvalue weighted by Gasteiger charge is -2.33. The van der Waals surface area contributed by atoms with Crippen LogP contribution in [0.1, 0.15) is 48.9 Å². The smallest absolute Gasteiger partial charge is 0.348 e. The molecule has 1 atom stereocenters. The van der Waals surface area contributed by atoms with E-state index in [0.29, 0.717) is 16.5 Å². The minimum absolute atomic E-state index is 0.00183. The maximum absolute atomic E-state index is 12.6. The highest BCUT2D eigenvalue weighted by atomic mass is 19.4. The molecule has 2 fully saturated rings. The Labute approximate surface area is 166 Å². The van der Waals surface area contributed by atoms with Crippen molar-refractivity contribution in [2.75, 3.05) is 19.6 Å². The number of benzene rings is 1. The molecule has 29 heavy (non-hydrogen) atoms. The van der Waals surface area contributed by atoms with Gasteiger partial charge >= 0.3 is 12.1 Å². The molecule has 1 spiro atoms. The molecule has 1 saturated carbocycles. The lowest BCUT2D eigenvalue weighted by atomic mass is 9.93. The van der Waals surface area contributed by atoms with E-state index in [1.807, 2.05) is 6.92 Å². The van der Waals surface area contributed by atoms with E-state index in [2.05, 4.69) is 24.9 Å². The number of hydrogen-bond acceptors (Lipinski definition) is 5. The van der Waals surface area contributed by atoms with Crippen LogP contribution in [0.2, 0.25) is 0 Å². The average molecular weight is 408 g/mol. The third-order valence-corrected chi connectivity index (χ3v) is 5.86. The Balaban J connectivity index is 1.31. The highest BCUT2D eigenvalue weighted by molar-refractivity contribution is 5.94. The van der Waals surface area contributed by atoms with Crippen LogP contribution in [0.25, 0.3) is 11.4 Å². The molecule has 0 bridgehead atoms. The summed E-state index contributed by atoms with van der Waals surface area (Å²) in [7, 11) is 0. The molecule has 1 aromatic heterocycles. The minimum atomic E-state index is -4.69. The van der Waals surface area contributed by atoms with Crippen molar-refractivity contribution in [2.24, 2.45) is 5.41 Å². The number of nitrogens with one attached hydrogen (secondary N) is 1. The van der Waals surface area contributed by atoms with E-state index in [4.69, 9.17) is 0 Å². The van der Waals surface area contributed by atoms with Crippen LogP contribution in [0.3, 0.4) is 0 Å². The second kappa shape index (κ2) is 7.44. The number of likely N-dealkylation sites (tertiary alicyclic amines) is 1. The number of hydrogen-bond donors (Lipinski definition) is 1. The second-order valence-corrected chi connectivity index (χ2v) is 8.17. The number of halogens is 3. The van der Waals surface area contributed by atoms with E-state index < -0.39 is 12.1 Å². The zero-order valence-electron chi connectivity index (χ0n) is 16.1. The maximum Gasteiger partial charge on any atom is 0.471 e. The lowest BCUT2D eigenvalue weighted by molar-refractivity contribution is -0.159. The summed E-state index contributed by atoms with van der Waals surface area (Å²) in [6.07, 6.45) is 0.548. The fraction of sp³-hybridized carbons (Fsp3) is 0.550. The third kappa shape index (κ3) is 4.60. The van der Waals surface area contributed by atoms with Gasteiger partial charge in [0.15, 0.2) is 0 Å². The first-order chi connectivity index (χ1) is 13.7. The van der Waals surface area contributed by atoms with E-state index in [0.717, 1.165) is 19.6 Å². The van der Waals surface area contributed by atoms with Gasteiger partial charge in [-0.3, -0.25) is 4.79 Å². The quantitative estimate of drug-likeness (QED) is 0.816. The second-order valence-electron chi connectivity index (χ2n) is 8.17. The van der Waals surface area contributed by atoms with Crippen molar-refractivity contribution in [3.8, 4) is 11.4 Å². The zero-order chi connectivity index (χ0) is 20.6. The molecule has 4 rings (SSSR count). The van der Waals surface area contributed by atoms with Crippen molar-refractivity contribution >= 4 is 5.91 Å². The first-order valence-corrected chi connectivity index (χ1v) is 9.79. The number of alkyl halides is 3. The summed E-state index contributed by atoms with van der Waals surface area (Å²) in [5.74, 6) is -1.78. The van der Waals surface area contributed by atoms with Gasteiger partial charge in [0.05, 0.1) is 0 Å². The molecule has 6 nitrogen and oxygen atoms in total. The van der Waals surface area contributed by atoms with Crippen molar-refractivity contribution in [3.05, 3.63) is 35.7 Å². The van der Waals surface area contributed by atoms with Crippen LogP contribution in [0.5, 0.6) is 0 Å². The van der Waals surface area contributed by atoms with Gasteiger partial charge < -0.3 is 14.7 Å².